The molecule has 0 aliphatic rings. The van der Waals surface area contributed by atoms with Gasteiger partial charge in [-0.15, -0.1) is 0 Å². The molecule has 0 heterocycles. The molecular formula is C68H92O6P2S. The molecule has 6 aromatic rings. The molecule has 0 unspecified atom stereocenters. The van der Waals surface area contributed by atoms with E-state index in [9.17, 15) is 0 Å². The SMILES string of the molecule is CC(C)(C)CC(C)(C)c1ccc(OP(Oc2ccccc2C(C)(C)C)Oc2ccccc2C(C)(C)C)c(Sc2cc(C(C)(C)CC(C)(C)C)ccc2OP(Oc2ccccc2C(C)(C)C)Oc2ccccc2C(C)(C)C)c1. The zero-order chi connectivity index (χ0) is 57.2. The Kier molecular flexibility index (Phi) is 18.8. The predicted octanol–water partition coefficient (Wildman–Crippen LogP) is 22.0. The van der Waals surface area contributed by atoms with Crippen LogP contribution in [0.1, 0.15) is 199 Å². The third-order valence-electron chi connectivity index (χ3n) is 13.4. The lowest BCUT2D eigenvalue weighted by Gasteiger charge is -2.34. The molecule has 0 saturated heterocycles. The van der Waals surface area contributed by atoms with Crippen LogP contribution in [0.4, 0.5) is 0 Å². The fourth-order valence-electron chi connectivity index (χ4n) is 10.4. The molecule has 6 aromatic carbocycles. The van der Waals surface area contributed by atoms with Gasteiger partial charge in [-0.2, -0.15) is 0 Å². The maximum Gasteiger partial charge on any atom is 0.530 e. The van der Waals surface area contributed by atoms with Crippen LogP contribution >= 0.6 is 29.0 Å². The largest absolute Gasteiger partial charge is 0.530 e. The van der Waals surface area contributed by atoms with Gasteiger partial charge in [0.25, 0.3) is 0 Å². The number of hydrogen-bond donors (Lipinski definition) is 0. The van der Waals surface area contributed by atoms with Crippen molar-refractivity contribution in [2.24, 2.45) is 10.8 Å². The Morgan fingerprint density at radius 2 is 0.532 bits per heavy atom. The summed E-state index contributed by atoms with van der Waals surface area (Å²) in [5, 5.41) is 0. The monoisotopic (exact) mass is 1100 g/mol. The molecule has 0 fully saturated rings. The molecule has 0 amide bonds. The Labute approximate surface area is 473 Å². The van der Waals surface area contributed by atoms with Crippen LogP contribution in [0, 0.1) is 10.8 Å². The van der Waals surface area contributed by atoms with Gasteiger partial charge in [-0.3, -0.25) is 0 Å². The summed E-state index contributed by atoms with van der Waals surface area (Å²) >= 11 is 1.62. The van der Waals surface area contributed by atoms with Crippen LogP contribution < -0.4 is 27.1 Å². The highest BCUT2D eigenvalue weighted by Crippen LogP contribution is 2.54. The van der Waals surface area contributed by atoms with E-state index in [0.717, 1.165) is 67.9 Å². The molecule has 0 spiro atoms. The molecule has 0 saturated carbocycles. The van der Waals surface area contributed by atoms with Crippen LogP contribution in [0.15, 0.2) is 143 Å². The fraction of sp³-hybridized carbons (Fsp3) is 0.471. The summed E-state index contributed by atoms with van der Waals surface area (Å²) in [7, 11) is -4.19. The number of hydrogen-bond acceptors (Lipinski definition) is 7. The Balaban J connectivity index is 1.58. The van der Waals surface area contributed by atoms with Gasteiger partial charge in [0.1, 0.15) is 34.5 Å². The molecule has 416 valence electrons. The molecule has 0 N–H and O–H groups in total. The van der Waals surface area contributed by atoms with E-state index in [4.69, 9.17) is 27.1 Å². The van der Waals surface area contributed by atoms with Crippen molar-refractivity contribution in [3.8, 4) is 34.5 Å². The molecule has 0 radical (unpaired) electrons. The van der Waals surface area contributed by atoms with Crippen molar-refractivity contribution < 1.29 is 27.1 Å². The highest BCUT2D eigenvalue weighted by molar-refractivity contribution is 7.99. The van der Waals surface area contributed by atoms with Crippen LogP contribution in [0.2, 0.25) is 0 Å². The van der Waals surface area contributed by atoms with E-state index in [0.29, 0.717) is 11.5 Å². The second-order valence-electron chi connectivity index (χ2n) is 28.6. The van der Waals surface area contributed by atoms with E-state index in [2.05, 4.69) is 237 Å². The normalized spacial score (nSPS) is 13.2. The third-order valence-corrected chi connectivity index (χ3v) is 16.6. The summed E-state index contributed by atoms with van der Waals surface area (Å²) in [5.74, 6) is 4.14. The van der Waals surface area contributed by atoms with Crippen molar-refractivity contribution in [3.63, 3.8) is 0 Å². The zero-order valence-electron chi connectivity index (χ0n) is 50.9. The zero-order valence-corrected chi connectivity index (χ0v) is 53.5. The Hall–Kier alpha value is -4.67. The summed E-state index contributed by atoms with van der Waals surface area (Å²) in [5.41, 5.74) is 5.58. The Bertz CT molecular complexity index is 2620. The second-order valence-corrected chi connectivity index (χ2v) is 31.7. The van der Waals surface area contributed by atoms with Gasteiger partial charge in [0.05, 0.1) is 9.79 Å². The van der Waals surface area contributed by atoms with Gasteiger partial charge < -0.3 is 27.1 Å². The van der Waals surface area contributed by atoms with Crippen molar-refractivity contribution in [1.29, 1.82) is 0 Å². The van der Waals surface area contributed by atoms with Crippen LogP contribution in [-0.2, 0) is 32.5 Å². The quantitative estimate of drug-likeness (QED) is 0.0795. The first-order valence-electron chi connectivity index (χ1n) is 27.4. The Morgan fingerprint density at radius 3 is 0.766 bits per heavy atom. The van der Waals surface area contributed by atoms with Gasteiger partial charge in [0, 0.05) is 22.3 Å². The number of para-hydroxylation sites is 4. The lowest BCUT2D eigenvalue weighted by Crippen LogP contribution is -2.25. The van der Waals surface area contributed by atoms with Crippen molar-refractivity contribution in [2.75, 3.05) is 0 Å². The highest BCUT2D eigenvalue weighted by Gasteiger charge is 2.35. The first-order chi connectivity index (χ1) is 35.4. The first kappa shape index (κ1) is 61.5. The molecule has 77 heavy (non-hydrogen) atoms. The molecule has 9 heteroatoms. The van der Waals surface area contributed by atoms with E-state index >= 15 is 0 Å². The fourth-order valence-corrected chi connectivity index (χ4v) is 13.7. The van der Waals surface area contributed by atoms with E-state index in [-0.39, 0.29) is 43.3 Å². The summed E-state index contributed by atoms with van der Waals surface area (Å²) in [4.78, 5) is 1.80. The molecular weight excluding hydrogens is 1010 g/mol. The second kappa shape index (κ2) is 23.6. The summed E-state index contributed by atoms with van der Waals surface area (Å²) in [6.07, 6.45) is 1.93. The van der Waals surface area contributed by atoms with Crippen molar-refractivity contribution in [1.82, 2.24) is 0 Å². The molecule has 0 bridgehead atoms. The smallest absolute Gasteiger partial charge is 0.408 e. The summed E-state index contributed by atoms with van der Waals surface area (Å²) < 4.78 is 42.7. The number of rotatable bonds is 18. The maximum absolute atomic E-state index is 7.28. The lowest BCUT2D eigenvalue weighted by atomic mass is 9.72. The third kappa shape index (κ3) is 17.2. The number of benzene rings is 6. The van der Waals surface area contributed by atoms with Crippen molar-refractivity contribution in [2.45, 2.75) is 207 Å². The molecule has 0 aliphatic carbocycles. The van der Waals surface area contributed by atoms with Gasteiger partial charge >= 0.3 is 17.2 Å². The predicted molar refractivity (Wildman–Crippen MR) is 329 cm³/mol. The van der Waals surface area contributed by atoms with Crippen molar-refractivity contribution >= 4 is 29.0 Å². The van der Waals surface area contributed by atoms with Crippen LogP contribution in [0.3, 0.4) is 0 Å². The molecule has 0 aromatic heterocycles. The highest BCUT2D eigenvalue weighted by atomic mass is 32.2. The van der Waals surface area contributed by atoms with Gasteiger partial charge in [-0.25, -0.2) is 0 Å². The van der Waals surface area contributed by atoms with E-state index in [1.54, 1.807) is 11.8 Å². The minimum absolute atomic E-state index is 0.0746. The maximum atomic E-state index is 7.28. The minimum atomic E-state index is -2.09. The lowest BCUT2D eigenvalue weighted by molar-refractivity contribution is 0.283. The average Bonchev–Trinajstić information content (AvgIpc) is 3.28. The molecule has 0 aliphatic heterocycles. The molecule has 6 rings (SSSR count). The van der Waals surface area contributed by atoms with Crippen LogP contribution in [0.5, 0.6) is 34.5 Å². The van der Waals surface area contributed by atoms with Crippen LogP contribution in [0.25, 0.3) is 0 Å². The molecule has 6 nitrogen and oxygen atoms in total. The summed E-state index contributed by atoms with van der Waals surface area (Å²) in [6, 6.07) is 46.1. The topological polar surface area (TPSA) is 55.4 Å². The molecule has 0 atom stereocenters. The first-order valence-corrected chi connectivity index (χ1v) is 30.4. The van der Waals surface area contributed by atoms with E-state index in [1.165, 1.54) is 11.1 Å². The average molecular weight is 1100 g/mol. The van der Waals surface area contributed by atoms with Gasteiger partial charge in [-0.05, 0) is 116 Å². The van der Waals surface area contributed by atoms with Gasteiger partial charge in [-0.1, -0.05) is 249 Å². The van der Waals surface area contributed by atoms with Crippen LogP contribution in [-0.4, -0.2) is 0 Å². The Morgan fingerprint density at radius 1 is 0.299 bits per heavy atom. The van der Waals surface area contributed by atoms with Crippen molar-refractivity contribution in [3.05, 3.63) is 167 Å². The minimum Gasteiger partial charge on any atom is -0.408 e. The van der Waals surface area contributed by atoms with E-state index in [1.807, 2.05) is 48.5 Å². The standard InChI is InChI=1S/C68H92O6P2S/c1-61(2,3)45-67(19,20)47-39-41-57(73-75(69-53-35-27-23-31-49(53)63(7,8)9)70-54-36-28-24-32-50(54)64(10,11)12)59(43-47)77-60-44-48(68(21,22)46-62(4,5)6)40-42-58(60)74-76(71-55-37-29-25-33-51(55)65(13,14)15)72-56-38-30-26-34-52(56)66(16,17)18/h23-44H,45-46H2,1-22H3. The van der Waals surface area contributed by atoms with E-state index < -0.39 is 17.2 Å². The van der Waals surface area contributed by atoms with Gasteiger partial charge in [0.15, 0.2) is 0 Å². The summed E-state index contributed by atoms with van der Waals surface area (Å²) in [6.45, 7) is 49.6. The van der Waals surface area contributed by atoms with Gasteiger partial charge in [0.2, 0.25) is 0 Å².